The number of amides is 1. The van der Waals surface area contributed by atoms with Gasteiger partial charge < -0.3 is 14.8 Å². The fourth-order valence-corrected chi connectivity index (χ4v) is 2.22. The fourth-order valence-electron chi connectivity index (χ4n) is 2.22. The van der Waals surface area contributed by atoms with Crippen LogP contribution in [0.1, 0.15) is 69.7 Å². The zero-order chi connectivity index (χ0) is 19.4. The van der Waals surface area contributed by atoms with Crippen molar-refractivity contribution in [2.45, 2.75) is 65.8 Å². The lowest BCUT2D eigenvalue weighted by atomic mass is 10.2. The predicted octanol–water partition coefficient (Wildman–Crippen LogP) is 2.92. The van der Waals surface area contributed by atoms with E-state index in [0.717, 1.165) is 25.7 Å². The zero-order valence-corrected chi connectivity index (χ0v) is 15.9. The van der Waals surface area contributed by atoms with E-state index in [-0.39, 0.29) is 43.0 Å². The number of carbonyl (C=O) groups is 3. The van der Waals surface area contributed by atoms with Crippen LogP contribution in [0, 0.1) is 0 Å². The second-order valence-corrected chi connectivity index (χ2v) is 5.83. The molecule has 8 nitrogen and oxygen atoms in total. The monoisotopic (exact) mass is 367 g/mol. The second-order valence-electron chi connectivity index (χ2n) is 5.83. The van der Waals surface area contributed by atoms with Crippen LogP contribution in [0.25, 0.3) is 0 Å². The van der Waals surface area contributed by atoms with E-state index in [1.54, 1.807) is 6.92 Å². The molecule has 0 unspecified atom stereocenters. The van der Waals surface area contributed by atoms with Crippen LogP contribution in [-0.2, 0) is 25.6 Å². The van der Waals surface area contributed by atoms with Crippen molar-refractivity contribution in [3.8, 4) is 0 Å². The predicted molar refractivity (Wildman–Crippen MR) is 96.8 cm³/mol. The molecular formula is C18H29N3O5. The van der Waals surface area contributed by atoms with Gasteiger partial charge in [0.2, 0.25) is 5.91 Å². The molecule has 0 aliphatic carbocycles. The Morgan fingerprint density at radius 3 is 2.42 bits per heavy atom. The number of unbranched alkanes of at least 4 members (excludes halogenated alkanes) is 2. The average Bonchev–Trinajstić information content (AvgIpc) is 3.01. The molecule has 1 aromatic rings. The van der Waals surface area contributed by atoms with Gasteiger partial charge in [-0.1, -0.05) is 26.7 Å². The second kappa shape index (κ2) is 12.1. The van der Waals surface area contributed by atoms with Gasteiger partial charge in [-0.25, -0.2) is 9.48 Å². The average molecular weight is 367 g/mol. The van der Waals surface area contributed by atoms with Crippen LogP contribution >= 0.6 is 0 Å². The molecule has 0 saturated heterocycles. The highest BCUT2D eigenvalue weighted by Crippen LogP contribution is 2.17. The van der Waals surface area contributed by atoms with Crippen molar-refractivity contribution < 1.29 is 23.9 Å². The molecule has 0 spiro atoms. The van der Waals surface area contributed by atoms with E-state index < -0.39 is 5.97 Å². The summed E-state index contributed by atoms with van der Waals surface area (Å²) in [4.78, 5) is 35.7. The van der Waals surface area contributed by atoms with Crippen LogP contribution in [0.4, 0.5) is 5.82 Å². The maximum atomic E-state index is 12.1. The molecule has 1 heterocycles. The lowest BCUT2D eigenvalue weighted by Gasteiger charge is -2.11. The number of anilines is 1. The Morgan fingerprint density at radius 2 is 1.77 bits per heavy atom. The minimum atomic E-state index is -0.551. The Labute approximate surface area is 154 Å². The summed E-state index contributed by atoms with van der Waals surface area (Å²) in [6.07, 6.45) is 5.44. The van der Waals surface area contributed by atoms with Crippen molar-refractivity contribution in [3.63, 3.8) is 0 Å². The summed E-state index contributed by atoms with van der Waals surface area (Å²) in [5, 5.41) is 6.85. The summed E-state index contributed by atoms with van der Waals surface area (Å²) in [5.41, 5.74) is 0.189. The smallest absolute Gasteiger partial charge is 0.343 e. The molecule has 8 heteroatoms. The summed E-state index contributed by atoms with van der Waals surface area (Å²) in [6, 6.07) is 0. The van der Waals surface area contributed by atoms with Gasteiger partial charge >= 0.3 is 11.9 Å². The highest BCUT2D eigenvalue weighted by Gasteiger charge is 2.20. The number of ether oxygens (including phenoxy) is 2. The maximum Gasteiger partial charge on any atom is 0.343 e. The highest BCUT2D eigenvalue weighted by atomic mass is 16.5. The first-order chi connectivity index (χ1) is 12.5. The van der Waals surface area contributed by atoms with Crippen molar-refractivity contribution >= 4 is 23.7 Å². The number of hydrogen-bond donors (Lipinski definition) is 1. The molecule has 0 aliphatic heterocycles. The molecule has 0 radical (unpaired) electrons. The summed E-state index contributed by atoms with van der Waals surface area (Å²) in [6.45, 7) is 6.28. The van der Waals surface area contributed by atoms with Gasteiger partial charge in [0.1, 0.15) is 18.0 Å². The van der Waals surface area contributed by atoms with Crippen molar-refractivity contribution in [1.29, 1.82) is 0 Å². The molecule has 1 aromatic heterocycles. The molecule has 146 valence electrons. The van der Waals surface area contributed by atoms with Gasteiger partial charge in [0.15, 0.2) is 0 Å². The number of rotatable bonds is 12. The number of aromatic nitrogens is 2. The fraction of sp³-hybridized carbons (Fsp3) is 0.667. The number of nitrogens with zero attached hydrogens (tertiary/aromatic N) is 2. The van der Waals surface area contributed by atoms with Gasteiger partial charge in [0, 0.05) is 12.8 Å². The van der Waals surface area contributed by atoms with Crippen LogP contribution in [0.2, 0.25) is 0 Å². The first-order valence-electron chi connectivity index (χ1n) is 9.21. The van der Waals surface area contributed by atoms with Crippen molar-refractivity contribution in [2.24, 2.45) is 0 Å². The third-order valence-electron chi connectivity index (χ3n) is 3.65. The molecular weight excluding hydrogens is 338 g/mol. The number of hydrogen-bond acceptors (Lipinski definition) is 6. The van der Waals surface area contributed by atoms with Gasteiger partial charge in [-0.05, 0) is 19.8 Å². The molecule has 0 bridgehead atoms. The van der Waals surface area contributed by atoms with E-state index in [1.165, 1.54) is 10.9 Å². The van der Waals surface area contributed by atoms with Crippen LogP contribution in [0.15, 0.2) is 6.20 Å². The molecule has 0 atom stereocenters. The third kappa shape index (κ3) is 7.25. The molecule has 1 rings (SSSR count). The summed E-state index contributed by atoms with van der Waals surface area (Å²) >= 11 is 0. The minimum Gasteiger partial charge on any atom is -0.464 e. The SMILES string of the molecule is CCCCC(=O)Nc1c(C(=O)OCC)cnn1CCOC(=O)CCCC. The third-order valence-corrected chi connectivity index (χ3v) is 3.65. The van der Waals surface area contributed by atoms with Crippen LogP contribution in [-0.4, -0.2) is 40.8 Å². The summed E-state index contributed by atoms with van der Waals surface area (Å²) in [7, 11) is 0. The van der Waals surface area contributed by atoms with Gasteiger partial charge in [-0.3, -0.25) is 9.59 Å². The standard InChI is InChI=1S/C18H29N3O5/c1-4-7-9-15(22)20-17-14(18(24)25-6-3)13-19-21(17)11-12-26-16(23)10-8-5-2/h13H,4-12H2,1-3H3,(H,20,22). The number of nitrogens with one attached hydrogen (secondary N) is 1. The first kappa shape index (κ1) is 21.7. The van der Waals surface area contributed by atoms with Gasteiger partial charge in [-0.15, -0.1) is 0 Å². The van der Waals surface area contributed by atoms with Gasteiger partial charge in [0.25, 0.3) is 0 Å². The molecule has 1 N–H and O–H groups in total. The molecule has 0 aromatic carbocycles. The Morgan fingerprint density at radius 1 is 1.08 bits per heavy atom. The Balaban J connectivity index is 2.77. The van der Waals surface area contributed by atoms with Gasteiger partial charge in [-0.2, -0.15) is 5.10 Å². The summed E-state index contributed by atoms with van der Waals surface area (Å²) in [5.74, 6) is -0.740. The van der Waals surface area contributed by atoms with E-state index in [2.05, 4.69) is 10.4 Å². The van der Waals surface area contributed by atoms with E-state index in [9.17, 15) is 14.4 Å². The molecule has 0 saturated carbocycles. The number of carbonyl (C=O) groups excluding carboxylic acids is 3. The summed E-state index contributed by atoms with van der Waals surface area (Å²) < 4.78 is 11.6. The largest absolute Gasteiger partial charge is 0.464 e. The van der Waals surface area contributed by atoms with Crippen molar-refractivity contribution in [3.05, 3.63) is 11.8 Å². The Kier molecular flexibility index (Phi) is 10.0. The topological polar surface area (TPSA) is 99.5 Å². The molecule has 0 aliphatic rings. The van der Waals surface area contributed by atoms with Crippen LogP contribution in [0.5, 0.6) is 0 Å². The van der Waals surface area contributed by atoms with E-state index in [1.807, 2.05) is 13.8 Å². The Bertz CT molecular complexity index is 598. The molecule has 26 heavy (non-hydrogen) atoms. The lowest BCUT2D eigenvalue weighted by molar-refractivity contribution is -0.144. The van der Waals surface area contributed by atoms with E-state index >= 15 is 0 Å². The van der Waals surface area contributed by atoms with E-state index in [4.69, 9.17) is 9.47 Å². The van der Waals surface area contributed by atoms with Crippen molar-refractivity contribution in [2.75, 3.05) is 18.5 Å². The number of esters is 2. The van der Waals surface area contributed by atoms with Gasteiger partial charge in [0.05, 0.1) is 19.3 Å². The highest BCUT2D eigenvalue weighted by molar-refractivity contribution is 6.00. The minimum absolute atomic E-state index is 0.115. The zero-order valence-electron chi connectivity index (χ0n) is 15.9. The quantitative estimate of drug-likeness (QED) is 0.570. The maximum absolute atomic E-state index is 12.1. The normalized spacial score (nSPS) is 10.4. The lowest BCUT2D eigenvalue weighted by Crippen LogP contribution is -2.20. The van der Waals surface area contributed by atoms with Crippen LogP contribution < -0.4 is 5.32 Å². The van der Waals surface area contributed by atoms with E-state index in [0.29, 0.717) is 12.8 Å². The molecule has 1 amide bonds. The van der Waals surface area contributed by atoms with Crippen molar-refractivity contribution in [1.82, 2.24) is 9.78 Å². The molecule has 0 fully saturated rings. The first-order valence-corrected chi connectivity index (χ1v) is 9.21. The van der Waals surface area contributed by atoms with Crippen LogP contribution in [0.3, 0.4) is 0 Å². The Hall–Kier alpha value is -2.38.